The van der Waals surface area contributed by atoms with Gasteiger partial charge < -0.3 is 10.4 Å². The van der Waals surface area contributed by atoms with E-state index >= 15 is 0 Å². The minimum Gasteiger partial charge on any atom is -0.391 e. The summed E-state index contributed by atoms with van der Waals surface area (Å²) in [5.41, 5.74) is 2.59. The molecule has 1 aliphatic carbocycles. The molecule has 2 aliphatic rings. The molecule has 1 amide bonds. The van der Waals surface area contributed by atoms with Crippen molar-refractivity contribution in [3.05, 3.63) is 65.0 Å². The highest BCUT2D eigenvalue weighted by atomic mass is 32.2. The van der Waals surface area contributed by atoms with E-state index in [2.05, 4.69) is 10.0 Å². The Kier molecular flexibility index (Phi) is 5.63. The number of aliphatic hydroxyl groups is 1. The van der Waals surface area contributed by atoms with Crippen molar-refractivity contribution in [2.24, 2.45) is 5.92 Å². The lowest BCUT2D eigenvalue weighted by Gasteiger charge is -2.23. The molecule has 3 N–H and O–H groups in total. The van der Waals surface area contributed by atoms with Crippen molar-refractivity contribution in [3.63, 3.8) is 0 Å². The van der Waals surface area contributed by atoms with E-state index in [0.717, 1.165) is 11.1 Å². The van der Waals surface area contributed by atoms with Gasteiger partial charge in [0.25, 0.3) is 10.2 Å². The van der Waals surface area contributed by atoms with Crippen molar-refractivity contribution < 1.29 is 22.7 Å². The van der Waals surface area contributed by atoms with Crippen molar-refractivity contribution in [1.82, 2.24) is 9.03 Å². The topological polar surface area (TPSA) is 98.7 Å². The van der Waals surface area contributed by atoms with Gasteiger partial charge in [0.05, 0.1) is 18.1 Å². The first-order valence-electron chi connectivity index (χ1n) is 9.85. The number of benzene rings is 2. The first-order chi connectivity index (χ1) is 14.2. The lowest BCUT2D eigenvalue weighted by Crippen LogP contribution is -2.43. The Morgan fingerprint density at radius 2 is 2.00 bits per heavy atom. The molecule has 0 radical (unpaired) electrons. The highest BCUT2D eigenvalue weighted by Gasteiger charge is 2.39. The maximum atomic E-state index is 13.4. The van der Waals surface area contributed by atoms with Gasteiger partial charge in [-0.25, -0.2) is 4.39 Å². The summed E-state index contributed by atoms with van der Waals surface area (Å²) in [5.74, 6) is -1.16. The van der Waals surface area contributed by atoms with Crippen molar-refractivity contribution in [2.45, 2.75) is 31.9 Å². The van der Waals surface area contributed by atoms with Crippen molar-refractivity contribution in [3.8, 4) is 0 Å². The number of rotatable bonds is 5. The fourth-order valence-electron chi connectivity index (χ4n) is 4.08. The number of carbonyl (C=O) groups excluding carboxylic acids is 1. The van der Waals surface area contributed by atoms with Gasteiger partial charge in [-0.2, -0.15) is 17.4 Å². The van der Waals surface area contributed by atoms with E-state index in [1.165, 1.54) is 22.5 Å². The summed E-state index contributed by atoms with van der Waals surface area (Å²) in [5, 5.41) is 13.1. The molecule has 0 saturated carbocycles. The van der Waals surface area contributed by atoms with Crippen LogP contribution in [0.4, 0.5) is 10.1 Å². The molecule has 1 heterocycles. The Morgan fingerprint density at radius 3 is 2.77 bits per heavy atom. The predicted molar refractivity (Wildman–Crippen MR) is 110 cm³/mol. The van der Waals surface area contributed by atoms with E-state index in [0.29, 0.717) is 24.1 Å². The summed E-state index contributed by atoms with van der Waals surface area (Å²) >= 11 is 0. The average Bonchev–Trinajstić information content (AvgIpc) is 3.31. The van der Waals surface area contributed by atoms with Gasteiger partial charge in [-0.1, -0.05) is 24.3 Å². The van der Waals surface area contributed by atoms with Crippen LogP contribution in [0.3, 0.4) is 0 Å². The molecule has 3 atom stereocenters. The van der Waals surface area contributed by atoms with Crippen LogP contribution in [0.2, 0.25) is 0 Å². The molecule has 4 rings (SSSR count). The highest BCUT2D eigenvalue weighted by Crippen LogP contribution is 2.32. The van der Waals surface area contributed by atoms with E-state index in [-0.39, 0.29) is 24.8 Å². The van der Waals surface area contributed by atoms with Crippen LogP contribution in [0, 0.1) is 18.7 Å². The number of hydrogen-bond donors (Lipinski definition) is 3. The van der Waals surface area contributed by atoms with Gasteiger partial charge in [0.2, 0.25) is 5.91 Å². The van der Waals surface area contributed by atoms with Gasteiger partial charge in [0.15, 0.2) is 0 Å². The monoisotopic (exact) mass is 433 g/mol. The fourth-order valence-corrected chi connectivity index (χ4v) is 5.55. The molecule has 2 aromatic rings. The van der Waals surface area contributed by atoms with Crippen molar-refractivity contribution >= 4 is 21.8 Å². The number of fused-ring (bicyclic) bond motifs is 1. The summed E-state index contributed by atoms with van der Waals surface area (Å²) in [6.45, 7) is 1.86. The first-order valence-corrected chi connectivity index (χ1v) is 11.3. The Morgan fingerprint density at radius 1 is 1.23 bits per heavy atom. The zero-order chi connectivity index (χ0) is 21.5. The zero-order valence-electron chi connectivity index (χ0n) is 16.5. The van der Waals surface area contributed by atoms with E-state index in [9.17, 15) is 22.7 Å². The van der Waals surface area contributed by atoms with Crippen LogP contribution in [0.25, 0.3) is 0 Å². The summed E-state index contributed by atoms with van der Waals surface area (Å²) in [6.07, 6.45) is -0.0528. The second-order valence-electron chi connectivity index (χ2n) is 7.87. The SMILES string of the molecule is Cc1cc(NC(=O)[C@H]2CCN(S(=O)(=O)N[C@@H]3c4ccccc4C[C@H]3O)C2)ccc1F. The van der Waals surface area contributed by atoms with Crippen LogP contribution in [0.5, 0.6) is 0 Å². The maximum Gasteiger partial charge on any atom is 0.280 e. The molecule has 1 saturated heterocycles. The van der Waals surface area contributed by atoms with E-state index < -0.39 is 28.3 Å². The normalized spacial score (nSPS) is 24.0. The molecule has 1 fully saturated rings. The largest absolute Gasteiger partial charge is 0.391 e. The summed E-state index contributed by atoms with van der Waals surface area (Å²) < 4.78 is 43.0. The fraction of sp³-hybridized carbons (Fsp3) is 0.381. The second-order valence-corrected chi connectivity index (χ2v) is 9.57. The van der Waals surface area contributed by atoms with E-state index in [1.54, 1.807) is 6.92 Å². The molecule has 160 valence electrons. The number of nitrogens with zero attached hydrogens (tertiary/aromatic N) is 1. The van der Waals surface area contributed by atoms with E-state index in [4.69, 9.17) is 0 Å². The molecule has 1 aliphatic heterocycles. The minimum absolute atomic E-state index is 0.0474. The minimum atomic E-state index is -3.88. The molecule has 9 heteroatoms. The van der Waals surface area contributed by atoms with Gasteiger partial charge in [-0.15, -0.1) is 0 Å². The van der Waals surface area contributed by atoms with Crippen LogP contribution in [0.1, 0.15) is 29.2 Å². The van der Waals surface area contributed by atoms with Crippen LogP contribution in [0.15, 0.2) is 42.5 Å². The molecule has 0 aromatic heterocycles. The number of halogens is 1. The van der Waals surface area contributed by atoms with E-state index in [1.807, 2.05) is 24.3 Å². The standard InChI is InChI=1S/C21H24FN3O4S/c1-13-10-16(6-7-18(13)22)23-21(27)15-8-9-25(12-15)30(28,29)24-20-17-5-3-2-4-14(17)11-19(20)26/h2-7,10,15,19-20,24,26H,8-9,11-12H2,1H3,(H,23,27)/t15-,19+,20+/m0/s1. The molecule has 30 heavy (non-hydrogen) atoms. The highest BCUT2D eigenvalue weighted by molar-refractivity contribution is 7.87. The number of hydrogen-bond acceptors (Lipinski definition) is 4. The van der Waals surface area contributed by atoms with Gasteiger partial charge >= 0.3 is 0 Å². The number of aliphatic hydroxyl groups excluding tert-OH is 1. The summed E-state index contributed by atoms with van der Waals surface area (Å²) in [4.78, 5) is 12.6. The molecule has 2 aromatic carbocycles. The summed E-state index contributed by atoms with van der Waals surface area (Å²) in [7, 11) is -3.88. The second kappa shape index (κ2) is 8.07. The Hall–Kier alpha value is -2.33. The van der Waals surface area contributed by atoms with Gasteiger partial charge in [0.1, 0.15) is 5.82 Å². The third-order valence-electron chi connectivity index (χ3n) is 5.77. The first kappa shape index (κ1) is 20.9. The Balaban J connectivity index is 1.41. The third-order valence-corrected chi connectivity index (χ3v) is 7.33. The number of carbonyl (C=O) groups is 1. The quantitative estimate of drug-likeness (QED) is 0.671. The molecule has 0 spiro atoms. The molecule has 7 nitrogen and oxygen atoms in total. The van der Waals surface area contributed by atoms with Crippen LogP contribution in [-0.4, -0.2) is 42.9 Å². The average molecular weight is 434 g/mol. The molecular formula is C21H24FN3O4S. The predicted octanol–water partition coefficient (Wildman–Crippen LogP) is 1.89. The zero-order valence-corrected chi connectivity index (χ0v) is 17.3. The lowest BCUT2D eigenvalue weighted by atomic mass is 10.1. The van der Waals surface area contributed by atoms with Crippen LogP contribution < -0.4 is 10.0 Å². The van der Waals surface area contributed by atoms with Crippen LogP contribution in [-0.2, 0) is 21.4 Å². The lowest BCUT2D eigenvalue weighted by molar-refractivity contribution is -0.119. The number of anilines is 1. The third kappa shape index (κ3) is 4.11. The van der Waals surface area contributed by atoms with Crippen molar-refractivity contribution in [2.75, 3.05) is 18.4 Å². The Labute approximate surface area is 175 Å². The van der Waals surface area contributed by atoms with Gasteiger partial charge in [0, 0.05) is 25.2 Å². The van der Waals surface area contributed by atoms with Gasteiger partial charge in [-0.05, 0) is 48.2 Å². The molecule has 0 bridgehead atoms. The van der Waals surface area contributed by atoms with Crippen LogP contribution >= 0.6 is 0 Å². The summed E-state index contributed by atoms with van der Waals surface area (Å²) in [6, 6.07) is 10.9. The maximum absolute atomic E-state index is 13.4. The molecular weight excluding hydrogens is 409 g/mol. The number of nitrogens with one attached hydrogen (secondary N) is 2. The van der Waals surface area contributed by atoms with Gasteiger partial charge in [-0.3, -0.25) is 4.79 Å². The Bertz CT molecular complexity index is 1080. The van der Waals surface area contributed by atoms with Crippen molar-refractivity contribution in [1.29, 1.82) is 0 Å². The number of amides is 1. The molecule has 0 unspecified atom stereocenters. The number of aryl methyl sites for hydroxylation is 1. The smallest absolute Gasteiger partial charge is 0.280 e.